The number of hydrogen-bond donors (Lipinski definition) is 0. The van der Waals surface area contributed by atoms with Crippen LogP contribution in [-0.4, -0.2) is 4.57 Å². The van der Waals surface area contributed by atoms with Gasteiger partial charge in [-0.3, -0.25) is 0 Å². The van der Waals surface area contributed by atoms with Crippen LogP contribution in [0.15, 0.2) is 156 Å². The summed E-state index contributed by atoms with van der Waals surface area (Å²) in [4.78, 5) is 0. The number of hydrogen-bond acceptors (Lipinski definition) is 1. The van der Waals surface area contributed by atoms with Gasteiger partial charge in [0.05, 0.1) is 7.05 Å². The second-order valence-electron chi connectivity index (χ2n) is 12.1. The van der Waals surface area contributed by atoms with E-state index in [1.807, 2.05) is 0 Å². The number of aryl methyl sites for hydroxylation is 2. The van der Waals surface area contributed by atoms with E-state index in [2.05, 4.69) is 175 Å². The second-order valence-corrected chi connectivity index (χ2v) is 12.1. The Kier molecular flexibility index (Phi) is 5.94. The van der Waals surface area contributed by atoms with Gasteiger partial charge < -0.3 is 4.42 Å². The first-order chi connectivity index (χ1) is 22.7. The molecule has 3 nitrogen and oxygen atoms in total. The Bertz CT molecular complexity index is 2570. The molecule has 0 bridgehead atoms. The summed E-state index contributed by atoms with van der Waals surface area (Å²) in [5, 5.41) is 4.74. The lowest BCUT2D eigenvalue weighted by atomic mass is 9.99. The molecule has 9 aromatic rings. The number of benzene rings is 7. The first-order valence-electron chi connectivity index (χ1n) is 15.8. The topological polar surface area (TPSA) is 21.9 Å². The van der Waals surface area contributed by atoms with Crippen LogP contribution >= 0.6 is 0 Å². The third-order valence-corrected chi connectivity index (χ3v) is 9.43. The minimum atomic E-state index is 0.911. The average molecular weight is 592 g/mol. The lowest BCUT2D eigenvalue weighted by Crippen LogP contribution is -2.30. The monoisotopic (exact) mass is 591 g/mol. The summed E-state index contributed by atoms with van der Waals surface area (Å²) in [7, 11) is 2.16. The number of aromatic nitrogens is 2. The lowest BCUT2D eigenvalue weighted by molar-refractivity contribution is -0.633. The van der Waals surface area contributed by atoms with Gasteiger partial charge in [-0.2, -0.15) is 4.57 Å². The molecule has 0 amide bonds. The Morgan fingerprint density at radius 3 is 1.93 bits per heavy atom. The van der Waals surface area contributed by atoms with E-state index < -0.39 is 0 Å². The van der Waals surface area contributed by atoms with E-state index in [1.54, 1.807) is 0 Å². The van der Waals surface area contributed by atoms with Crippen molar-refractivity contribution in [3.05, 3.63) is 157 Å². The first-order valence-corrected chi connectivity index (χ1v) is 15.8. The standard InChI is InChI=1S/C43H31N2O/c1-28-16-26-36-41-35-13-7-6-12-33(35)23-27-39(41)46-42(36)40(28)43-44(2)37-14-8-9-15-38(37)45(43)34-24-21-32(22-25-34)31-19-17-30(18-20-31)29-10-4-3-5-11-29/h3-27H,1-2H3/q+1. The van der Waals surface area contributed by atoms with Gasteiger partial charge in [0.25, 0.3) is 5.82 Å². The van der Waals surface area contributed by atoms with Crippen LogP contribution in [0.25, 0.3) is 83.1 Å². The van der Waals surface area contributed by atoms with Gasteiger partial charge in [-0.05, 0) is 75.8 Å². The maximum absolute atomic E-state index is 6.76. The zero-order valence-corrected chi connectivity index (χ0v) is 25.7. The summed E-state index contributed by atoms with van der Waals surface area (Å²) in [6.45, 7) is 2.18. The summed E-state index contributed by atoms with van der Waals surface area (Å²) < 4.78 is 11.4. The van der Waals surface area contributed by atoms with Gasteiger partial charge in [0.15, 0.2) is 16.6 Å². The molecule has 0 N–H and O–H groups in total. The second kappa shape index (κ2) is 10.3. The highest BCUT2D eigenvalue weighted by Crippen LogP contribution is 2.41. The SMILES string of the molecule is Cc1ccc2c(oc3ccc4ccccc4c32)c1-c1n(-c2ccc(-c3ccc(-c4ccccc4)cc3)cc2)c2ccccc2[n+]1C. The van der Waals surface area contributed by atoms with Gasteiger partial charge in [0.1, 0.15) is 16.8 Å². The molecule has 218 valence electrons. The highest BCUT2D eigenvalue weighted by molar-refractivity contribution is 6.20. The van der Waals surface area contributed by atoms with Crippen LogP contribution in [0.5, 0.6) is 0 Å². The molecule has 0 unspecified atom stereocenters. The van der Waals surface area contributed by atoms with Crippen molar-refractivity contribution in [3.8, 4) is 39.3 Å². The van der Waals surface area contributed by atoms with Crippen LogP contribution in [0.3, 0.4) is 0 Å². The molecule has 0 saturated heterocycles. The van der Waals surface area contributed by atoms with Gasteiger partial charge in [0.2, 0.25) is 0 Å². The van der Waals surface area contributed by atoms with E-state index in [0.29, 0.717) is 0 Å². The van der Waals surface area contributed by atoms with Crippen LogP contribution in [0.1, 0.15) is 5.56 Å². The molecule has 0 aliphatic carbocycles. The van der Waals surface area contributed by atoms with Crippen LogP contribution < -0.4 is 4.57 Å². The third kappa shape index (κ3) is 4.02. The molecule has 0 fully saturated rings. The third-order valence-electron chi connectivity index (χ3n) is 9.43. The fourth-order valence-corrected chi connectivity index (χ4v) is 7.13. The fraction of sp³-hybridized carbons (Fsp3) is 0.0465. The fourth-order valence-electron chi connectivity index (χ4n) is 7.13. The zero-order chi connectivity index (χ0) is 30.8. The van der Waals surface area contributed by atoms with Crippen molar-refractivity contribution in [1.29, 1.82) is 0 Å². The molecule has 0 aliphatic rings. The molecule has 3 heteroatoms. The van der Waals surface area contributed by atoms with Gasteiger partial charge in [-0.25, -0.2) is 4.57 Å². The van der Waals surface area contributed by atoms with Crippen LogP contribution in [0, 0.1) is 6.92 Å². The predicted molar refractivity (Wildman–Crippen MR) is 190 cm³/mol. The van der Waals surface area contributed by atoms with Crippen molar-refractivity contribution >= 4 is 43.7 Å². The number of imidazole rings is 1. The minimum absolute atomic E-state index is 0.911. The van der Waals surface area contributed by atoms with Gasteiger partial charge >= 0.3 is 0 Å². The maximum Gasteiger partial charge on any atom is 0.298 e. The molecule has 46 heavy (non-hydrogen) atoms. The normalized spacial score (nSPS) is 11.7. The van der Waals surface area contributed by atoms with Crippen molar-refractivity contribution in [1.82, 2.24) is 4.57 Å². The van der Waals surface area contributed by atoms with E-state index in [1.165, 1.54) is 44.0 Å². The Balaban J connectivity index is 1.23. The highest BCUT2D eigenvalue weighted by atomic mass is 16.3. The van der Waals surface area contributed by atoms with Gasteiger partial charge in [0, 0.05) is 10.8 Å². The van der Waals surface area contributed by atoms with Crippen molar-refractivity contribution in [3.63, 3.8) is 0 Å². The largest absolute Gasteiger partial charge is 0.455 e. The van der Waals surface area contributed by atoms with Crippen LogP contribution in [0.2, 0.25) is 0 Å². The molecule has 7 aromatic carbocycles. The van der Waals surface area contributed by atoms with Crippen molar-refractivity contribution in [2.45, 2.75) is 6.92 Å². The molecule has 0 radical (unpaired) electrons. The van der Waals surface area contributed by atoms with E-state index in [9.17, 15) is 0 Å². The lowest BCUT2D eigenvalue weighted by Gasteiger charge is -2.09. The van der Waals surface area contributed by atoms with Crippen molar-refractivity contribution < 1.29 is 8.98 Å². The Morgan fingerprint density at radius 2 is 1.17 bits per heavy atom. The van der Waals surface area contributed by atoms with E-state index >= 15 is 0 Å². The summed E-state index contributed by atoms with van der Waals surface area (Å²) in [6, 6.07) is 54.2. The Hall–Kier alpha value is -5.93. The predicted octanol–water partition coefficient (Wildman–Crippen LogP) is 10.8. The number of fused-ring (bicyclic) bond motifs is 6. The Labute approximate surface area is 267 Å². The highest BCUT2D eigenvalue weighted by Gasteiger charge is 2.30. The zero-order valence-electron chi connectivity index (χ0n) is 25.7. The molecule has 0 spiro atoms. The average Bonchev–Trinajstić information content (AvgIpc) is 3.64. The van der Waals surface area contributed by atoms with E-state index in [4.69, 9.17) is 4.42 Å². The molecular formula is C43H31N2O+. The molecular weight excluding hydrogens is 560 g/mol. The number of para-hydroxylation sites is 2. The number of nitrogens with zero attached hydrogens (tertiary/aromatic N) is 2. The number of furan rings is 1. The van der Waals surface area contributed by atoms with Crippen molar-refractivity contribution in [2.24, 2.45) is 7.05 Å². The van der Waals surface area contributed by atoms with Gasteiger partial charge in [-0.15, -0.1) is 0 Å². The summed E-state index contributed by atoms with van der Waals surface area (Å²) in [6.07, 6.45) is 0. The first kappa shape index (κ1) is 26.5. The molecule has 2 heterocycles. The number of rotatable bonds is 4. The quantitative estimate of drug-likeness (QED) is 0.187. The molecule has 0 aliphatic heterocycles. The smallest absolute Gasteiger partial charge is 0.298 e. The minimum Gasteiger partial charge on any atom is -0.455 e. The summed E-state index contributed by atoms with van der Waals surface area (Å²) in [5.41, 5.74) is 12.4. The maximum atomic E-state index is 6.76. The molecule has 0 saturated carbocycles. The van der Waals surface area contributed by atoms with E-state index in [0.717, 1.165) is 44.7 Å². The molecule has 9 rings (SSSR count). The molecule has 2 aromatic heterocycles. The van der Waals surface area contributed by atoms with Gasteiger partial charge in [-0.1, -0.05) is 121 Å². The van der Waals surface area contributed by atoms with E-state index in [-0.39, 0.29) is 0 Å². The van der Waals surface area contributed by atoms with Crippen LogP contribution in [0.4, 0.5) is 0 Å². The summed E-state index contributed by atoms with van der Waals surface area (Å²) >= 11 is 0. The van der Waals surface area contributed by atoms with Crippen LogP contribution in [-0.2, 0) is 7.05 Å². The van der Waals surface area contributed by atoms with Crippen molar-refractivity contribution in [2.75, 3.05) is 0 Å². The Morgan fingerprint density at radius 1 is 0.543 bits per heavy atom. The molecule has 0 atom stereocenters. The summed E-state index contributed by atoms with van der Waals surface area (Å²) in [5.74, 6) is 1.09.